The van der Waals surface area contributed by atoms with Crippen molar-refractivity contribution in [3.05, 3.63) is 34.1 Å². The summed E-state index contributed by atoms with van der Waals surface area (Å²) in [7, 11) is -0.882. The Morgan fingerprint density at radius 2 is 2.22 bits per heavy atom. The van der Waals surface area contributed by atoms with Crippen LogP contribution in [-0.4, -0.2) is 27.2 Å². The van der Waals surface area contributed by atoms with Gasteiger partial charge < -0.3 is 5.32 Å². The molecule has 100 valence electrons. The summed E-state index contributed by atoms with van der Waals surface area (Å²) in [6.45, 7) is 1.84. The van der Waals surface area contributed by atoms with Gasteiger partial charge in [-0.25, -0.2) is 4.39 Å². The number of hydrogen-bond acceptors (Lipinski definition) is 4. The van der Waals surface area contributed by atoms with Crippen molar-refractivity contribution in [2.24, 2.45) is 0 Å². The number of nitro groups is 1. The molecule has 1 rings (SSSR count). The van der Waals surface area contributed by atoms with E-state index in [0.29, 0.717) is 12.2 Å². The summed E-state index contributed by atoms with van der Waals surface area (Å²) in [6.07, 6.45) is 2.25. The number of benzene rings is 1. The molecule has 1 N–H and O–H groups in total. The molecule has 1 aromatic carbocycles. The Bertz CT molecular complexity index is 468. The van der Waals surface area contributed by atoms with Gasteiger partial charge >= 0.3 is 0 Å². The predicted octanol–water partition coefficient (Wildman–Crippen LogP) is 2.30. The molecule has 0 saturated heterocycles. The van der Waals surface area contributed by atoms with E-state index < -0.39 is 21.5 Å². The summed E-state index contributed by atoms with van der Waals surface area (Å²) in [5.74, 6) is -0.128. The molecule has 0 amide bonds. The van der Waals surface area contributed by atoms with Crippen LogP contribution in [0, 0.1) is 15.9 Å². The fourth-order valence-electron chi connectivity index (χ4n) is 1.42. The zero-order valence-corrected chi connectivity index (χ0v) is 11.0. The summed E-state index contributed by atoms with van der Waals surface area (Å²) in [6, 6.07) is 3.42. The van der Waals surface area contributed by atoms with E-state index in [9.17, 15) is 18.7 Å². The van der Waals surface area contributed by atoms with Crippen LogP contribution in [0.3, 0.4) is 0 Å². The minimum Gasteiger partial charge on any atom is -0.380 e. The molecule has 0 heterocycles. The van der Waals surface area contributed by atoms with Gasteiger partial charge in [-0.3, -0.25) is 14.3 Å². The maximum atomic E-state index is 13.5. The average Bonchev–Trinajstić information content (AvgIpc) is 2.29. The average molecular weight is 274 g/mol. The molecule has 2 atom stereocenters. The maximum absolute atomic E-state index is 13.5. The van der Waals surface area contributed by atoms with Crippen molar-refractivity contribution in [3.8, 4) is 0 Å². The minimum absolute atomic E-state index is 0.0511. The van der Waals surface area contributed by atoms with Crippen LogP contribution in [0.25, 0.3) is 0 Å². The first-order valence-electron chi connectivity index (χ1n) is 5.40. The molecule has 7 heteroatoms. The first-order chi connectivity index (χ1) is 8.40. The molecule has 0 aromatic heterocycles. The van der Waals surface area contributed by atoms with Crippen molar-refractivity contribution in [3.63, 3.8) is 0 Å². The first-order valence-corrected chi connectivity index (χ1v) is 7.13. The van der Waals surface area contributed by atoms with Gasteiger partial charge in [0.1, 0.15) is 0 Å². The molecule has 0 radical (unpaired) electrons. The standard InChI is InChI=1S/C11H15FN2O3S/c1-8(5-6-18(2)17)13-11-4-3-9(14(15)16)7-10(11)12/h3-4,7-8,13H,5-6H2,1-2H3. The lowest BCUT2D eigenvalue weighted by Gasteiger charge is -2.14. The number of halogens is 1. The molecule has 0 aliphatic carbocycles. The highest BCUT2D eigenvalue weighted by Gasteiger charge is 2.12. The van der Waals surface area contributed by atoms with E-state index in [4.69, 9.17) is 0 Å². The van der Waals surface area contributed by atoms with Crippen molar-refractivity contribution in [1.29, 1.82) is 0 Å². The number of rotatable bonds is 6. The topological polar surface area (TPSA) is 72.2 Å². The lowest BCUT2D eigenvalue weighted by Crippen LogP contribution is -2.18. The van der Waals surface area contributed by atoms with Crippen LogP contribution in [0.1, 0.15) is 13.3 Å². The molecule has 0 spiro atoms. The van der Waals surface area contributed by atoms with E-state index >= 15 is 0 Å². The van der Waals surface area contributed by atoms with E-state index in [2.05, 4.69) is 5.32 Å². The molecule has 0 aliphatic rings. The third-order valence-corrected chi connectivity index (χ3v) is 3.21. The van der Waals surface area contributed by atoms with E-state index in [-0.39, 0.29) is 17.4 Å². The third-order valence-electron chi connectivity index (χ3n) is 2.40. The predicted molar refractivity (Wildman–Crippen MR) is 69.7 cm³/mol. The Hall–Kier alpha value is -1.50. The van der Waals surface area contributed by atoms with Crippen molar-refractivity contribution >= 4 is 22.2 Å². The Morgan fingerprint density at radius 3 is 2.72 bits per heavy atom. The number of hydrogen-bond donors (Lipinski definition) is 1. The minimum atomic E-state index is -0.882. The number of nitro benzene ring substituents is 1. The Morgan fingerprint density at radius 1 is 1.56 bits per heavy atom. The van der Waals surface area contributed by atoms with Crippen LogP contribution in [0.15, 0.2) is 18.2 Å². The molecule has 2 unspecified atom stereocenters. The van der Waals surface area contributed by atoms with Gasteiger partial charge in [-0.15, -0.1) is 0 Å². The second-order valence-corrected chi connectivity index (χ2v) is 5.59. The lowest BCUT2D eigenvalue weighted by atomic mass is 10.2. The molecule has 0 bridgehead atoms. The van der Waals surface area contributed by atoms with E-state index in [0.717, 1.165) is 6.07 Å². The largest absolute Gasteiger partial charge is 0.380 e. The van der Waals surface area contributed by atoms with Crippen LogP contribution < -0.4 is 5.32 Å². The highest BCUT2D eigenvalue weighted by Crippen LogP contribution is 2.21. The third kappa shape index (κ3) is 4.40. The monoisotopic (exact) mass is 274 g/mol. The van der Waals surface area contributed by atoms with E-state index in [1.54, 1.807) is 6.26 Å². The number of nitrogens with one attached hydrogen (secondary N) is 1. The fraction of sp³-hybridized carbons (Fsp3) is 0.455. The molecule has 0 saturated carbocycles. The summed E-state index contributed by atoms with van der Waals surface area (Å²) in [4.78, 5) is 9.81. The quantitative estimate of drug-likeness (QED) is 0.638. The molecule has 0 aliphatic heterocycles. The maximum Gasteiger partial charge on any atom is 0.272 e. The zero-order valence-electron chi connectivity index (χ0n) is 10.2. The van der Waals surface area contributed by atoms with Crippen LogP contribution in [0.2, 0.25) is 0 Å². The second kappa shape index (κ2) is 6.44. The number of non-ortho nitro benzene ring substituents is 1. The van der Waals surface area contributed by atoms with Gasteiger partial charge in [0.25, 0.3) is 5.69 Å². The van der Waals surface area contributed by atoms with Crippen LogP contribution in [0.4, 0.5) is 15.8 Å². The summed E-state index contributed by atoms with van der Waals surface area (Å²) in [5, 5.41) is 13.3. The first kappa shape index (κ1) is 14.6. The molecule has 5 nitrogen and oxygen atoms in total. The molecular formula is C11H15FN2O3S. The van der Waals surface area contributed by atoms with Crippen molar-refractivity contribution in [2.75, 3.05) is 17.3 Å². The number of anilines is 1. The van der Waals surface area contributed by atoms with Gasteiger partial charge in [0.05, 0.1) is 16.7 Å². The highest BCUT2D eigenvalue weighted by molar-refractivity contribution is 7.84. The highest BCUT2D eigenvalue weighted by atomic mass is 32.2. The summed E-state index contributed by atoms with van der Waals surface area (Å²) >= 11 is 0. The van der Waals surface area contributed by atoms with E-state index in [1.165, 1.54) is 12.1 Å². The van der Waals surface area contributed by atoms with Gasteiger partial charge in [-0.1, -0.05) is 0 Å². The number of nitrogens with zero attached hydrogens (tertiary/aromatic N) is 1. The van der Waals surface area contributed by atoms with E-state index in [1.807, 2.05) is 6.92 Å². The van der Waals surface area contributed by atoms with Crippen molar-refractivity contribution in [2.45, 2.75) is 19.4 Å². The summed E-state index contributed by atoms with van der Waals surface area (Å²) in [5.41, 5.74) is -0.0599. The van der Waals surface area contributed by atoms with Gasteiger partial charge in [0, 0.05) is 34.9 Å². The molecular weight excluding hydrogens is 259 g/mol. The molecule has 1 aromatic rings. The SMILES string of the molecule is CC(CCS(C)=O)Nc1ccc([N+](=O)[O-])cc1F. The van der Waals surface area contributed by atoms with Crippen LogP contribution >= 0.6 is 0 Å². The van der Waals surface area contributed by atoms with Gasteiger partial charge in [-0.05, 0) is 19.4 Å². The normalized spacial score (nSPS) is 13.9. The Balaban J connectivity index is 2.67. The lowest BCUT2D eigenvalue weighted by molar-refractivity contribution is -0.385. The van der Waals surface area contributed by atoms with Gasteiger partial charge in [0.2, 0.25) is 0 Å². The smallest absolute Gasteiger partial charge is 0.272 e. The molecule has 18 heavy (non-hydrogen) atoms. The van der Waals surface area contributed by atoms with Crippen molar-refractivity contribution < 1.29 is 13.5 Å². The fourth-order valence-corrected chi connectivity index (χ4v) is 2.10. The Kier molecular flexibility index (Phi) is 5.21. The summed E-state index contributed by atoms with van der Waals surface area (Å²) < 4.78 is 24.5. The molecule has 0 fully saturated rings. The second-order valence-electron chi connectivity index (χ2n) is 4.03. The van der Waals surface area contributed by atoms with Crippen LogP contribution in [0.5, 0.6) is 0 Å². The Labute approximate surface area is 107 Å². The van der Waals surface area contributed by atoms with Gasteiger partial charge in [-0.2, -0.15) is 0 Å². The van der Waals surface area contributed by atoms with Crippen molar-refractivity contribution in [1.82, 2.24) is 0 Å². The van der Waals surface area contributed by atoms with Gasteiger partial charge in [0.15, 0.2) is 5.82 Å². The van der Waals surface area contributed by atoms with Crippen LogP contribution in [-0.2, 0) is 10.8 Å². The zero-order chi connectivity index (χ0) is 13.7.